The van der Waals surface area contributed by atoms with Gasteiger partial charge in [-0.3, -0.25) is 4.79 Å². The molecule has 1 aliphatic heterocycles. The number of ether oxygens (including phenoxy) is 5. The molecule has 2 aromatic rings. The smallest absolute Gasteiger partial charge is 0.338 e. The van der Waals surface area contributed by atoms with Crippen LogP contribution in [0, 0.1) is 0 Å². The third-order valence-electron chi connectivity index (χ3n) is 18.9. The number of esters is 1. The molecule has 8 heteroatoms. The number of unbranched alkanes of at least 4 members (excludes halogenated alkanes) is 45. The fraction of sp³-hybridized carbons (Fsp3) is 0.732. The number of carbonyl (C=O) groups excluding carboxylic acids is 2. The molecule has 0 saturated heterocycles. The van der Waals surface area contributed by atoms with Crippen molar-refractivity contribution < 1.29 is 33.3 Å². The molecule has 4 rings (SSSR count). The van der Waals surface area contributed by atoms with Crippen molar-refractivity contribution in [2.24, 2.45) is 0 Å². The molecule has 0 bridgehead atoms. The minimum absolute atomic E-state index is 0.0283. The summed E-state index contributed by atoms with van der Waals surface area (Å²) in [5, 5.41) is 0. The van der Waals surface area contributed by atoms with Crippen molar-refractivity contribution in [1.29, 1.82) is 0 Å². The van der Waals surface area contributed by atoms with E-state index in [2.05, 4.69) is 70.8 Å². The van der Waals surface area contributed by atoms with Crippen molar-refractivity contribution in [3.63, 3.8) is 0 Å². The van der Waals surface area contributed by atoms with Gasteiger partial charge in [-0.2, -0.15) is 0 Å². The largest absolute Gasteiger partial charge is 0.490 e. The third-order valence-corrected chi connectivity index (χ3v) is 18.9. The topological polar surface area (TPSA) is 83.5 Å². The number of fused-ring (bicyclic) bond motifs is 1. The SMILES string of the molecule is CCCCCCCCCCCCCCCCCCOc1cc(C(=O)OCCOC2=CC(=CC=C3N(C)c4ccccc4C3(C)C)C(=O)C=C2)cc(OCCCCCCCCCCCCCCCCCC)c1OCCCCCCCCCCCCCCCCCC. The van der Waals surface area contributed by atoms with E-state index in [9.17, 15) is 9.59 Å². The Bertz CT molecular complexity index is 2210. The van der Waals surface area contributed by atoms with E-state index >= 15 is 0 Å². The highest BCUT2D eigenvalue weighted by Crippen LogP contribution is 2.47. The second-order valence-electron chi connectivity index (χ2n) is 27.4. The molecule has 0 unspecified atom stereocenters. The molecule has 2 aromatic carbocycles. The Morgan fingerprint density at radius 2 is 0.778 bits per heavy atom. The molecular weight excluding hydrogens is 1110 g/mol. The van der Waals surface area contributed by atoms with Crippen LogP contribution in [0.4, 0.5) is 5.69 Å². The summed E-state index contributed by atoms with van der Waals surface area (Å²) < 4.78 is 32.0. The average molecular weight is 1250 g/mol. The average Bonchev–Trinajstić information content (AvgIpc) is 1.63. The molecule has 0 saturated carbocycles. The van der Waals surface area contributed by atoms with E-state index in [1.165, 1.54) is 287 Å². The number of ketones is 1. The maximum absolute atomic E-state index is 14.0. The van der Waals surface area contributed by atoms with Crippen molar-refractivity contribution in [2.45, 2.75) is 348 Å². The van der Waals surface area contributed by atoms with Gasteiger partial charge in [0.25, 0.3) is 0 Å². The Kier molecular flexibility index (Phi) is 45.0. The Hall–Kier alpha value is -4.46. The summed E-state index contributed by atoms with van der Waals surface area (Å²) in [5.74, 6) is 1.68. The normalized spacial score (nSPS) is 14.4. The Balaban J connectivity index is 1.34. The lowest BCUT2D eigenvalue weighted by Crippen LogP contribution is -2.22. The predicted molar refractivity (Wildman–Crippen MR) is 384 cm³/mol. The molecule has 90 heavy (non-hydrogen) atoms. The van der Waals surface area contributed by atoms with E-state index in [-0.39, 0.29) is 24.4 Å². The van der Waals surface area contributed by atoms with Crippen LogP contribution in [0.3, 0.4) is 0 Å². The zero-order valence-corrected chi connectivity index (χ0v) is 59.1. The van der Waals surface area contributed by atoms with Gasteiger partial charge >= 0.3 is 5.97 Å². The van der Waals surface area contributed by atoms with Crippen LogP contribution in [0.25, 0.3) is 0 Å². The molecule has 0 atom stereocenters. The second-order valence-corrected chi connectivity index (χ2v) is 27.4. The fourth-order valence-corrected chi connectivity index (χ4v) is 13.1. The molecule has 8 nitrogen and oxygen atoms in total. The zero-order valence-electron chi connectivity index (χ0n) is 59.1. The summed E-state index contributed by atoms with van der Waals surface area (Å²) in [6.07, 6.45) is 72.2. The molecule has 1 aliphatic carbocycles. The Morgan fingerprint density at radius 1 is 0.422 bits per heavy atom. The van der Waals surface area contributed by atoms with Crippen LogP contribution >= 0.6 is 0 Å². The van der Waals surface area contributed by atoms with Gasteiger partial charge in [0.05, 0.1) is 25.4 Å². The minimum Gasteiger partial charge on any atom is -0.490 e. The standard InChI is InChI=1S/C82H135NO7/c1-7-10-13-16-19-22-25-28-31-34-37-40-43-46-49-54-63-87-77-69-72(81(85)90-67-66-86-73-60-61-76(84)71(68-73)59-62-79-82(4,5)74-57-52-53-58-75(74)83(79)6)70-78(88-64-55-50-47-44-41-38-35-32-29-26-23-20-17-14-11-8-2)80(77)89-65-56-51-48-45-42-39-36-33-30-27-24-21-18-15-12-9-3/h52-53,57-62,68-70H,7-51,54-56,63-67H2,1-6H3. The number of hydrogen-bond acceptors (Lipinski definition) is 8. The summed E-state index contributed by atoms with van der Waals surface area (Å²) in [7, 11) is 2.07. The van der Waals surface area contributed by atoms with E-state index in [1.54, 1.807) is 24.3 Å². The molecule has 0 amide bonds. The van der Waals surface area contributed by atoms with Gasteiger partial charge in [-0.15, -0.1) is 0 Å². The molecule has 0 fully saturated rings. The van der Waals surface area contributed by atoms with Gasteiger partial charge in [0, 0.05) is 29.4 Å². The molecule has 0 spiro atoms. The lowest BCUT2D eigenvalue weighted by atomic mass is 9.83. The van der Waals surface area contributed by atoms with Crippen LogP contribution in [0.15, 0.2) is 83.8 Å². The molecule has 1 heterocycles. The minimum atomic E-state index is -0.470. The quantitative estimate of drug-likeness (QED) is 0.0368. The van der Waals surface area contributed by atoms with Crippen molar-refractivity contribution in [1.82, 2.24) is 0 Å². The summed E-state index contributed by atoms with van der Waals surface area (Å²) in [5.41, 5.74) is 4.24. The Labute approximate surface area is 553 Å². The van der Waals surface area contributed by atoms with Crippen molar-refractivity contribution in [3.05, 3.63) is 94.9 Å². The summed E-state index contributed by atoms with van der Waals surface area (Å²) >= 11 is 0. The van der Waals surface area contributed by atoms with E-state index < -0.39 is 5.97 Å². The third kappa shape index (κ3) is 34.4. The number of allylic oxidation sites excluding steroid dienone is 7. The zero-order chi connectivity index (χ0) is 64.2. The molecule has 2 aliphatic rings. The fourth-order valence-electron chi connectivity index (χ4n) is 13.1. The van der Waals surface area contributed by atoms with Gasteiger partial charge < -0.3 is 28.6 Å². The number of hydrogen-bond donors (Lipinski definition) is 0. The maximum atomic E-state index is 14.0. The maximum Gasteiger partial charge on any atom is 0.338 e. The van der Waals surface area contributed by atoms with Crippen molar-refractivity contribution >= 4 is 17.4 Å². The second kappa shape index (κ2) is 52.0. The highest BCUT2D eigenvalue weighted by molar-refractivity contribution is 6.07. The number of para-hydroxylation sites is 1. The van der Waals surface area contributed by atoms with E-state index in [0.717, 1.165) is 44.2 Å². The van der Waals surface area contributed by atoms with E-state index in [1.807, 2.05) is 12.2 Å². The molecule has 510 valence electrons. The first-order chi connectivity index (χ1) is 44.2. The number of nitrogens with zero attached hydrogens (tertiary/aromatic N) is 1. The number of benzene rings is 2. The van der Waals surface area contributed by atoms with E-state index in [4.69, 9.17) is 23.7 Å². The molecule has 0 N–H and O–H groups in total. The van der Waals surface area contributed by atoms with Crippen molar-refractivity contribution in [3.8, 4) is 17.2 Å². The van der Waals surface area contributed by atoms with Crippen LogP contribution in [0.1, 0.15) is 359 Å². The summed E-state index contributed by atoms with van der Waals surface area (Å²) in [4.78, 5) is 29.3. The van der Waals surface area contributed by atoms with Crippen molar-refractivity contribution in [2.75, 3.05) is 45.0 Å². The highest BCUT2D eigenvalue weighted by atomic mass is 16.6. The van der Waals surface area contributed by atoms with Gasteiger partial charge in [-0.1, -0.05) is 342 Å². The summed E-state index contributed by atoms with van der Waals surface area (Å²) in [6, 6.07) is 12.0. The van der Waals surface area contributed by atoms with Gasteiger partial charge in [0.15, 0.2) is 17.3 Å². The Morgan fingerprint density at radius 3 is 1.16 bits per heavy atom. The van der Waals surface area contributed by atoms with Gasteiger partial charge in [0.2, 0.25) is 5.75 Å². The van der Waals surface area contributed by atoms with E-state index in [0.29, 0.717) is 54.0 Å². The van der Waals surface area contributed by atoms with Crippen LogP contribution in [-0.2, 0) is 19.7 Å². The van der Waals surface area contributed by atoms with Gasteiger partial charge in [-0.25, -0.2) is 4.79 Å². The van der Waals surface area contributed by atoms with Gasteiger partial charge in [-0.05, 0) is 73.4 Å². The lowest BCUT2D eigenvalue weighted by Gasteiger charge is -2.23. The number of rotatable bonds is 60. The van der Waals surface area contributed by atoms with Crippen LogP contribution in [0.5, 0.6) is 17.2 Å². The first kappa shape index (κ1) is 78.0. The predicted octanol–water partition coefficient (Wildman–Crippen LogP) is 25.0. The first-order valence-corrected chi connectivity index (χ1v) is 38.3. The molecule has 0 radical (unpaired) electrons. The molecule has 0 aromatic heterocycles. The monoisotopic (exact) mass is 1250 g/mol. The lowest BCUT2D eigenvalue weighted by molar-refractivity contribution is -0.111. The summed E-state index contributed by atoms with van der Waals surface area (Å²) in [6.45, 7) is 13.1. The van der Waals surface area contributed by atoms with Crippen LogP contribution in [0.2, 0.25) is 0 Å². The van der Waals surface area contributed by atoms with Gasteiger partial charge in [0.1, 0.15) is 19.0 Å². The molecular formula is C82H135NO7. The first-order valence-electron chi connectivity index (χ1n) is 38.3. The van der Waals surface area contributed by atoms with Crippen LogP contribution in [-0.4, -0.2) is 51.8 Å². The number of carbonyl (C=O) groups is 2. The highest BCUT2D eigenvalue weighted by Gasteiger charge is 2.38. The van der Waals surface area contributed by atoms with Crippen LogP contribution < -0.4 is 19.1 Å². The number of likely N-dealkylation sites (N-methyl/N-ethyl adjacent to an activating group) is 1. The number of anilines is 1.